The lowest BCUT2D eigenvalue weighted by Gasteiger charge is -2.30. The number of nitrogens with zero attached hydrogens (tertiary/aromatic N) is 2. The second-order valence-electron chi connectivity index (χ2n) is 6.73. The molecule has 1 aliphatic rings. The molecule has 0 spiro atoms. The number of carbonyl (C=O) groups is 2. The average molecular weight is 445 g/mol. The smallest absolute Gasteiger partial charge is 0.274 e. The normalized spacial score (nSPS) is 15.7. The molecule has 162 valence electrons. The van der Waals surface area contributed by atoms with Crippen molar-refractivity contribution in [3.8, 4) is 0 Å². The summed E-state index contributed by atoms with van der Waals surface area (Å²) in [7, 11) is -3.31. The summed E-state index contributed by atoms with van der Waals surface area (Å²) in [4.78, 5) is 24.7. The van der Waals surface area contributed by atoms with E-state index < -0.39 is 44.9 Å². The van der Waals surface area contributed by atoms with E-state index in [1.165, 1.54) is 4.31 Å². The molecule has 9 nitrogen and oxygen atoms in total. The van der Waals surface area contributed by atoms with Crippen molar-refractivity contribution in [3.63, 3.8) is 0 Å². The Kier molecular flexibility index (Phi) is 6.12. The van der Waals surface area contributed by atoms with E-state index in [2.05, 4.69) is 20.8 Å². The van der Waals surface area contributed by atoms with Gasteiger partial charge in [-0.3, -0.25) is 14.7 Å². The molecule has 1 saturated heterocycles. The Labute approximate surface area is 169 Å². The highest BCUT2D eigenvalue weighted by atomic mass is 32.2. The summed E-state index contributed by atoms with van der Waals surface area (Å²) >= 11 is 0. The average Bonchev–Trinajstić information content (AvgIpc) is 3.13. The van der Waals surface area contributed by atoms with E-state index in [0.29, 0.717) is 25.0 Å². The number of rotatable bonds is 5. The van der Waals surface area contributed by atoms with Gasteiger partial charge in [0, 0.05) is 25.3 Å². The van der Waals surface area contributed by atoms with Crippen LogP contribution in [0.5, 0.6) is 0 Å². The first-order valence-electron chi connectivity index (χ1n) is 8.82. The topological polar surface area (TPSA) is 124 Å². The molecule has 0 radical (unpaired) electrons. The van der Waals surface area contributed by atoms with Crippen LogP contribution in [-0.4, -0.2) is 60.1 Å². The van der Waals surface area contributed by atoms with Crippen molar-refractivity contribution < 1.29 is 31.2 Å². The summed E-state index contributed by atoms with van der Waals surface area (Å²) < 4.78 is 65.3. The lowest BCUT2D eigenvalue weighted by Crippen LogP contribution is -2.46. The quantitative estimate of drug-likeness (QED) is 0.598. The maximum absolute atomic E-state index is 13.8. The first-order valence-corrected chi connectivity index (χ1v) is 10.7. The van der Waals surface area contributed by atoms with Crippen molar-refractivity contribution in [1.82, 2.24) is 19.8 Å². The first-order chi connectivity index (χ1) is 14.1. The van der Waals surface area contributed by atoms with Gasteiger partial charge >= 0.3 is 0 Å². The molecule has 3 N–H and O–H groups in total. The standard InChI is InChI=1S/C17H18F3N5O4S/c1-30(28,29)25-6-4-9(5-7-25)22-17(27)15-12(8-21-24-15)23-16(26)13-10(18)2-3-11(19)14(13)20/h2-3,8-9H,4-7H2,1H3,(H,21,24)(H,22,27)(H,23,26). The third-order valence-electron chi connectivity index (χ3n) is 4.63. The summed E-state index contributed by atoms with van der Waals surface area (Å²) in [6, 6.07) is 0.834. The number of hydrogen-bond acceptors (Lipinski definition) is 5. The van der Waals surface area contributed by atoms with Crippen LogP contribution in [0.1, 0.15) is 33.7 Å². The third kappa shape index (κ3) is 4.62. The minimum absolute atomic E-state index is 0.158. The molecule has 0 unspecified atom stereocenters. The minimum Gasteiger partial charge on any atom is -0.348 e. The Morgan fingerprint density at radius 1 is 1.13 bits per heavy atom. The van der Waals surface area contributed by atoms with E-state index >= 15 is 0 Å². The highest BCUT2D eigenvalue weighted by molar-refractivity contribution is 7.88. The predicted octanol–water partition coefficient (Wildman–Crippen LogP) is 1.23. The highest BCUT2D eigenvalue weighted by Crippen LogP contribution is 2.20. The Bertz CT molecular complexity index is 1080. The van der Waals surface area contributed by atoms with Crippen molar-refractivity contribution in [3.05, 3.63) is 47.0 Å². The van der Waals surface area contributed by atoms with E-state index in [1.54, 1.807) is 0 Å². The van der Waals surface area contributed by atoms with E-state index in [-0.39, 0.29) is 30.5 Å². The Balaban J connectivity index is 1.68. The predicted molar refractivity (Wildman–Crippen MR) is 99.8 cm³/mol. The number of carbonyl (C=O) groups excluding carboxylic acids is 2. The van der Waals surface area contributed by atoms with Crippen LogP contribution in [-0.2, 0) is 10.0 Å². The molecule has 1 fully saturated rings. The number of sulfonamides is 1. The number of H-pyrrole nitrogens is 1. The van der Waals surface area contributed by atoms with Gasteiger partial charge in [-0.1, -0.05) is 0 Å². The molecule has 1 aromatic heterocycles. The molecule has 2 heterocycles. The van der Waals surface area contributed by atoms with Crippen LogP contribution in [0.3, 0.4) is 0 Å². The molecule has 2 amide bonds. The fraction of sp³-hybridized carbons (Fsp3) is 0.353. The van der Waals surface area contributed by atoms with Gasteiger partial charge in [0.05, 0.1) is 11.9 Å². The summed E-state index contributed by atoms with van der Waals surface area (Å²) in [6.45, 7) is 0.484. The largest absolute Gasteiger partial charge is 0.348 e. The van der Waals surface area contributed by atoms with Gasteiger partial charge in [0.15, 0.2) is 17.3 Å². The zero-order valence-corrected chi connectivity index (χ0v) is 16.5. The fourth-order valence-corrected chi connectivity index (χ4v) is 3.94. The van der Waals surface area contributed by atoms with Gasteiger partial charge in [0.2, 0.25) is 10.0 Å². The second kappa shape index (κ2) is 8.44. The lowest BCUT2D eigenvalue weighted by molar-refractivity contribution is 0.0919. The van der Waals surface area contributed by atoms with Gasteiger partial charge in [-0.05, 0) is 25.0 Å². The summed E-state index contributed by atoms with van der Waals surface area (Å²) in [5.41, 5.74) is -1.53. The lowest BCUT2D eigenvalue weighted by atomic mass is 10.1. The number of aromatic nitrogens is 2. The molecule has 1 aromatic carbocycles. The van der Waals surface area contributed by atoms with Gasteiger partial charge in [-0.2, -0.15) is 5.10 Å². The zero-order valence-electron chi connectivity index (χ0n) is 15.7. The molecular weight excluding hydrogens is 427 g/mol. The van der Waals surface area contributed by atoms with Gasteiger partial charge in [0.25, 0.3) is 11.8 Å². The van der Waals surface area contributed by atoms with Crippen molar-refractivity contribution in [1.29, 1.82) is 0 Å². The number of piperidine rings is 1. The van der Waals surface area contributed by atoms with Crippen molar-refractivity contribution in [2.45, 2.75) is 18.9 Å². The van der Waals surface area contributed by atoms with E-state index in [9.17, 15) is 31.2 Å². The van der Waals surface area contributed by atoms with Crippen LogP contribution < -0.4 is 10.6 Å². The van der Waals surface area contributed by atoms with Crippen LogP contribution in [0.2, 0.25) is 0 Å². The van der Waals surface area contributed by atoms with Crippen LogP contribution in [0.25, 0.3) is 0 Å². The molecule has 13 heteroatoms. The number of benzene rings is 1. The van der Waals surface area contributed by atoms with Gasteiger partial charge in [0.1, 0.15) is 11.4 Å². The van der Waals surface area contributed by atoms with Crippen LogP contribution >= 0.6 is 0 Å². The molecule has 0 atom stereocenters. The minimum atomic E-state index is -3.31. The highest BCUT2D eigenvalue weighted by Gasteiger charge is 2.28. The molecule has 0 saturated carbocycles. The van der Waals surface area contributed by atoms with Gasteiger partial charge < -0.3 is 10.6 Å². The second-order valence-corrected chi connectivity index (χ2v) is 8.71. The fourth-order valence-electron chi connectivity index (χ4n) is 3.06. The maximum Gasteiger partial charge on any atom is 0.274 e. The van der Waals surface area contributed by atoms with Crippen molar-refractivity contribution in [2.75, 3.05) is 24.7 Å². The Hall–Kier alpha value is -2.93. The van der Waals surface area contributed by atoms with E-state index in [4.69, 9.17) is 0 Å². The van der Waals surface area contributed by atoms with Crippen molar-refractivity contribution >= 4 is 27.5 Å². The third-order valence-corrected chi connectivity index (χ3v) is 5.94. The Morgan fingerprint density at radius 2 is 1.77 bits per heavy atom. The monoisotopic (exact) mass is 445 g/mol. The number of anilines is 1. The van der Waals surface area contributed by atoms with Crippen LogP contribution in [0.15, 0.2) is 18.3 Å². The van der Waals surface area contributed by atoms with E-state index in [0.717, 1.165) is 12.5 Å². The molecule has 0 bridgehead atoms. The number of amides is 2. The number of aromatic amines is 1. The van der Waals surface area contributed by atoms with Crippen LogP contribution in [0.4, 0.5) is 18.9 Å². The summed E-state index contributed by atoms with van der Waals surface area (Å²) in [6.07, 6.45) is 3.00. The molecule has 1 aliphatic heterocycles. The maximum atomic E-state index is 13.8. The molecular formula is C17H18F3N5O4S. The number of halogens is 3. The molecule has 3 rings (SSSR count). The number of hydrogen-bond donors (Lipinski definition) is 3. The number of nitrogens with one attached hydrogen (secondary N) is 3. The molecule has 2 aromatic rings. The molecule has 30 heavy (non-hydrogen) atoms. The Morgan fingerprint density at radius 3 is 2.40 bits per heavy atom. The SMILES string of the molecule is CS(=O)(=O)N1CCC(NC(=O)c2n[nH]cc2NC(=O)c2c(F)ccc(F)c2F)CC1. The summed E-state index contributed by atoms with van der Waals surface area (Å²) in [5, 5.41) is 10.9. The first kappa shape index (κ1) is 21.8. The van der Waals surface area contributed by atoms with Crippen molar-refractivity contribution in [2.24, 2.45) is 0 Å². The molecule has 0 aliphatic carbocycles. The van der Waals surface area contributed by atoms with Gasteiger partial charge in [-0.15, -0.1) is 0 Å². The zero-order chi connectivity index (χ0) is 22.1. The van der Waals surface area contributed by atoms with E-state index in [1.807, 2.05) is 0 Å². The van der Waals surface area contributed by atoms with Crippen LogP contribution in [0, 0.1) is 17.5 Å². The van der Waals surface area contributed by atoms with Gasteiger partial charge in [-0.25, -0.2) is 25.9 Å². The summed E-state index contributed by atoms with van der Waals surface area (Å²) in [5.74, 6) is -6.28.